The Labute approximate surface area is 115 Å². The Hall–Kier alpha value is -1.33. The zero-order valence-electron chi connectivity index (χ0n) is 10.7. The molecule has 18 heavy (non-hydrogen) atoms. The van der Waals surface area contributed by atoms with Crippen molar-refractivity contribution < 1.29 is 4.74 Å². The summed E-state index contributed by atoms with van der Waals surface area (Å²) in [7, 11) is 1.85. The molecular formula is C13H16BrN3O. The van der Waals surface area contributed by atoms with Crippen molar-refractivity contribution in [2.75, 3.05) is 0 Å². The smallest absolute Gasteiger partial charge is 0.222 e. The number of rotatable bonds is 3. The normalized spacial score (nSPS) is 10.7. The summed E-state index contributed by atoms with van der Waals surface area (Å²) in [4.78, 5) is 0. The summed E-state index contributed by atoms with van der Waals surface area (Å²) in [6, 6.07) is 5.86. The maximum atomic E-state index is 5.89. The van der Waals surface area contributed by atoms with Crippen molar-refractivity contribution in [3.63, 3.8) is 0 Å². The Bertz CT molecular complexity index is 578. The fourth-order valence-electron chi connectivity index (χ4n) is 1.84. The van der Waals surface area contributed by atoms with Gasteiger partial charge in [0.05, 0.1) is 11.3 Å². The first-order valence-electron chi connectivity index (χ1n) is 5.69. The molecule has 96 valence electrons. The van der Waals surface area contributed by atoms with Crippen molar-refractivity contribution in [1.82, 2.24) is 9.78 Å². The zero-order valence-corrected chi connectivity index (χ0v) is 12.3. The van der Waals surface area contributed by atoms with Crippen molar-refractivity contribution in [2.45, 2.75) is 20.4 Å². The molecule has 0 spiro atoms. The number of nitrogens with zero attached hydrogens (tertiary/aromatic N) is 2. The minimum atomic E-state index is 0.421. The van der Waals surface area contributed by atoms with Crippen molar-refractivity contribution in [3.05, 3.63) is 39.5 Å². The molecular weight excluding hydrogens is 294 g/mol. The summed E-state index contributed by atoms with van der Waals surface area (Å²) < 4.78 is 8.67. The minimum absolute atomic E-state index is 0.421. The topological polar surface area (TPSA) is 53.1 Å². The predicted octanol–water partition coefficient (Wildman–Crippen LogP) is 3.05. The summed E-state index contributed by atoms with van der Waals surface area (Å²) in [6.45, 7) is 4.38. The van der Waals surface area contributed by atoms with E-state index in [0.717, 1.165) is 27.0 Å². The van der Waals surface area contributed by atoms with Gasteiger partial charge in [-0.1, -0.05) is 15.9 Å². The second-order valence-corrected chi connectivity index (χ2v) is 5.06. The number of ether oxygens (including phenoxy) is 1. The van der Waals surface area contributed by atoms with E-state index in [1.807, 2.05) is 39.1 Å². The summed E-state index contributed by atoms with van der Waals surface area (Å²) >= 11 is 3.47. The third-order valence-corrected chi connectivity index (χ3v) is 3.73. The van der Waals surface area contributed by atoms with Gasteiger partial charge in [-0.3, -0.25) is 0 Å². The van der Waals surface area contributed by atoms with Gasteiger partial charge in [0.25, 0.3) is 0 Å². The first kappa shape index (κ1) is 13.1. The van der Waals surface area contributed by atoms with Gasteiger partial charge in [0, 0.05) is 18.1 Å². The van der Waals surface area contributed by atoms with Crippen molar-refractivity contribution in [2.24, 2.45) is 12.8 Å². The molecule has 2 rings (SSSR count). The van der Waals surface area contributed by atoms with Gasteiger partial charge in [-0.25, -0.2) is 4.68 Å². The van der Waals surface area contributed by atoms with Crippen LogP contribution in [0.4, 0.5) is 0 Å². The van der Waals surface area contributed by atoms with Gasteiger partial charge >= 0.3 is 0 Å². The van der Waals surface area contributed by atoms with E-state index in [9.17, 15) is 0 Å². The van der Waals surface area contributed by atoms with E-state index >= 15 is 0 Å². The minimum Gasteiger partial charge on any atom is -0.439 e. The molecule has 4 nitrogen and oxygen atoms in total. The molecule has 0 amide bonds. The quantitative estimate of drug-likeness (QED) is 0.948. The molecule has 0 fully saturated rings. The van der Waals surface area contributed by atoms with Crippen LogP contribution < -0.4 is 10.5 Å². The van der Waals surface area contributed by atoms with Crippen LogP contribution in [0.5, 0.6) is 11.6 Å². The van der Waals surface area contributed by atoms with Gasteiger partial charge < -0.3 is 10.5 Å². The number of hydrogen-bond acceptors (Lipinski definition) is 3. The Morgan fingerprint density at radius 2 is 2.11 bits per heavy atom. The largest absolute Gasteiger partial charge is 0.439 e. The van der Waals surface area contributed by atoms with Crippen LogP contribution in [0.2, 0.25) is 0 Å². The third kappa shape index (κ3) is 2.42. The highest BCUT2D eigenvalue weighted by Gasteiger charge is 2.14. The lowest BCUT2D eigenvalue weighted by molar-refractivity contribution is 0.425. The van der Waals surface area contributed by atoms with E-state index in [2.05, 4.69) is 21.0 Å². The fourth-order valence-corrected chi connectivity index (χ4v) is 2.08. The monoisotopic (exact) mass is 309 g/mol. The molecule has 1 heterocycles. The molecule has 0 aliphatic carbocycles. The number of benzene rings is 1. The highest BCUT2D eigenvalue weighted by molar-refractivity contribution is 9.10. The van der Waals surface area contributed by atoms with Crippen molar-refractivity contribution in [1.29, 1.82) is 0 Å². The summed E-state index contributed by atoms with van der Waals surface area (Å²) in [6.07, 6.45) is 0. The lowest BCUT2D eigenvalue weighted by Gasteiger charge is -2.09. The van der Waals surface area contributed by atoms with Gasteiger partial charge in [-0.05, 0) is 37.6 Å². The van der Waals surface area contributed by atoms with Crippen LogP contribution >= 0.6 is 15.9 Å². The molecule has 0 atom stereocenters. The average Bonchev–Trinajstić information content (AvgIpc) is 2.58. The molecule has 0 aliphatic heterocycles. The molecule has 2 aromatic rings. The van der Waals surface area contributed by atoms with E-state index in [1.165, 1.54) is 0 Å². The molecule has 1 aromatic heterocycles. The molecule has 0 saturated carbocycles. The van der Waals surface area contributed by atoms with E-state index in [-0.39, 0.29) is 0 Å². The first-order chi connectivity index (χ1) is 8.52. The molecule has 1 aromatic carbocycles. The molecule has 0 saturated heterocycles. The number of nitrogens with two attached hydrogens (primary N) is 1. The van der Waals surface area contributed by atoms with Gasteiger partial charge in [0.1, 0.15) is 5.75 Å². The van der Waals surface area contributed by atoms with E-state index < -0.39 is 0 Å². The zero-order chi connectivity index (χ0) is 13.3. The standard InChI is InChI=1S/C13H16BrN3O/c1-8-6-10(4-5-12(8)14)18-13-11(7-15)9(2)16-17(13)3/h4-6H,7,15H2,1-3H3. The van der Waals surface area contributed by atoms with Crippen LogP contribution in [-0.4, -0.2) is 9.78 Å². The number of aryl methyl sites for hydroxylation is 3. The number of aromatic nitrogens is 2. The van der Waals surface area contributed by atoms with Gasteiger partial charge in [-0.2, -0.15) is 5.10 Å². The number of halogens is 1. The van der Waals surface area contributed by atoms with Gasteiger partial charge in [-0.15, -0.1) is 0 Å². The van der Waals surface area contributed by atoms with Gasteiger partial charge in [0.2, 0.25) is 5.88 Å². The van der Waals surface area contributed by atoms with Crippen LogP contribution in [0, 0.1) is 13.8 Å². The Morgan fingerprint density at radius 1 is 1.39 bits per heavy atom. The maximum Gasteiger partial charge on any atom is 0.222 e. The van der Waals surface area contributed by atoms with E-state index in [4.69, 9.17) is 10.5 Å². The molecule has 2 N–H and O–H groups in total. The van der Waals surface area contributed by atoms with Crippen molar-refractivity contribution >= 4 is 15.9 Å². The average molecular weight is 310 g/mol. The molecule has 0 unspecified atom stereocenters. The van der Waals surface area contributed by atoms with Crippen LogP contribution in [0.25, 0.3) is 0 Å². The van der Waals surface area contributed by atoms with Crippen LogP contribution in [0.3, 0.4) is 0 Å². The van der Waals surface area contributed by atoms with E-state index in [0.29, 0.717) is 12.4 Å². The summed E-state index contributed by atoms with van der Waals surface area (Å²) in [5.41, 5.74) is 8.71. The van der Waals surface area contributed by atoms with Crippen LogP contribution in [0.15, 0.2) is 22.7 Å². The Balaban J connectivity index is 2.36. The summed E-state index contributed by atoms with van der Waals surface area (Å²) in [5, 5.41) is 4.32. The van der Waals surface area contributed by atoms with Crippen LogP contribution in [0.1, 0.15) is 16.8 Å². The molecule has 0 aliphatic rings. The fraction of sp³-hybridized carbons (Fsp3) is 0.308. The molecule has 0 radical (unpaired) electrons. The van der Waals surface area contributed by atoms with E-state index in [1.54, 1.807) is 4.68 Å². The Morgan fingerprint density at radius 3 is 2.72 bits per heavy atom. The highest BCUT2D eigenvalue weighted by atomic mass is 79.9. The number of hydrogen-bond donors (Lipinski definition) is 1. The SMILES string of the molecule is Cc1cc(Oc2c(CN)c(C)nn2C)ccc1Br. The second kappa shape index (κ2) is 5.12. The lowest BCUT2D eigenvalue weighted by atomic mass is 10.2. The second-order valence-electron chi connectivity index (χ2n) is 4.21. The summed E-state index contributed by atoms with van der Waals surface area (Å²) in [5.74, 6) is 1.49. The molecule has 5 heteroatoms. The van der Waals surface area contributed by atoms with Crippen molar-refractivity contribution in [3.8, 4) is 11.6 Å². The maximum absolute atomic E-state index is 5.89. The third-order valence-electron chi connectivity index (χ3n) is 2.84. The van der Waals surface area contributed by atoms with Crippen LogP contribution in [-0.2, 0) is 13.6 Å². The van der Waals surface area contributed by atoms with Gasteiger partial charge in [0.15, 0.2) is 0 Å². The lowest BCUT2D eigenvalue weighted by Crippen LogP contribution is -2.01. The Kier molecular flexibility index (Phi) is 3.73. The molecule has 0 bridgehead atoms. The first-order valence-corrected chi connectivity index (χ1v) is 6.48. The predicted molar refractivity (Wildman–Crippen MR) is 74.8 cm³/mol. The highest BCUT2D eigenvalue weighted by Crippen LogP contribution is 2.29.